The molecule has 0 fully saturated rings. The van der Waals surface area contributed by atoms with Gasteiger partial charge in [0.2, 0.25) is 0 Å². The quantitative estimate of drug-likeness (QED) is 0.805. The van der Waals surface area contributed by atoms with Crippen LogP contribution >= 0.6 is 0 Å². The van der Waals surface area contributed by atoms with E-state index in [9.17, 15) is 4.79 Å². The van der Waals surface area contributed by atoms with E-state index < -0.39 is 0 Å². The van der Waals surface area contributed by atoms with Crippen LogP contribution in [-0.4, -0.2) is 18.8 Å². The van der Waals surface area contributed by atoms with E-state index in [-0.39, 0.29) is 18.1 Å². The lowest BCUT2D eigenvalue weighted by Crippen LogP contribution is -2.38. The Hall–Kier alpha value is -2.75. The Morgan fingerprint density at radius 1 is 1.17 bits per heavy atom. The number of para-hydroxylation sites is 2. The van der Waals surface area contributed by atoms with Crippen LogP contribution in [-0.2, 0) is 9.53 Å². The summed E-state index contributed by atoms with van der Waals surface area (Å²) in [4.78, 5) is 14.6. The molecule has 2 aliphatic rings. The number of carbonyl (C=O) groups is 1. The molecule has 0 saturated carbocycles. The van der Waals surface area contributed by atoms with E-state index in [2.05, 4.69) is 12.1 Å². The number of nitrogens with zero attached hydrogens (tertiary/aromatic N) is 1. The molecule has 0 amide bonds. The maximum atomic E-state index is 12.5. The number of rotatable bonds is 3. The molecule has 2 aromatic rings. The van der Waals surface area contributed by atoms with Gasteiger partial charge in [0.05, 0.1) is 17.9 Å². The van der Waals surface area contributed by atoms with E-state index in [4.69, 9.17) is 9.47 Å². The molecule has 4 rings (SSSR count). The van der Waals surface area contributed by atoms with Crippen LogP contribution in [0, 0.1) is 0 Å². The smallest absolute Gasteiger partial charge is 0.336 e. The van der Waals surface area contributed by atoms with Crippen molar-refractivity contribution in [2.24, 2.45) is 0 Å². The second kappa shape index (κ2) is 6.04. The van der Waals surface area contributed by atoms with Crippen LogP contribution in [0.4, 0.5) is 5.69 Å². The van der Waals surface area contributed by atoms with Gasteiger partial charge in [0, 0.05) is 18.5 Å². The third-order valence-electron chi connectivity index (χ3n) is 4.52. The number of esters is 1. The minimum atomic E-state index is -0.255. The minimum absolute atomic E-state index is 0.0270. The third kappa shape index (κ3) is 2.44. The normalized spacial score (nSPS) is 21.4. The van der Waals surface area contributed by atoms with Gasteiger partial charge in [-0.25, -0.2) is 4.79 Å². The van der Waals surface area contributed by atoms with E-state index in [0.717, 1.165) is 17.0 Å². The van der Waals surface area contributed by atoms with E-state index in [0.29, 0.717) is 18.6 Å². The Morgan fingerprint density at radius 3 is 2.71 bits per heavy atom. The maximum Gasteiger partial charge on any atom is 0.336 e. The molecular formula is C20H19NO3. The molecule has 4 nitrogen and oxygen atoms in total. The number of ether oxygens (including phenoxy) is 2. The van der Waals surface area contributed by atoms with Crippen LogP contribution in [0.5, 0.6) is 5.75 Å². The van der Waals surface area contributed by atoms with Gasteiger partial charge in [-0.15, -0.1) is 0 Å². The second-order valence-electron chi connectivity index (χ2n) is 5.95. The summed E-state index contributed by atoms with van der Waals surface area (Å²) in [5, 5.41) is 0. The second-order valence-corrected chi connectivity index (χ2v) is 5.95. The number of carbonyl (C=O) groups excluding carboxylic acids is 1. The average Bonchev–Trinajstić information content (AvgIpc) is 2.99. The first-order chi connectivity index (χ1) is 11.8. The summed E-state index contributed by atoms with van der Waals surface area (Å²) >= 11 is 0. The molecule has 4 heteroatoms. The summed E-state index contributed by atoms with van der Waals surface area (Å²) in [7, 11) is 0. The molecule has 24 heavy (non-hydrogen) atoms. The highest BCUT2D eigenvalue weighted by molar-refractivity contribution is 5.91. The minimum Gasteiger partial charge on any atom is -0.468 e. The Balaban J connectivity index is 1.76. The highest BCUT2D eigenvalue weighted by atomic mass is 16.5. The molecule has 0 N–H and O–H groups in total. The van der Waals surface area contributed by atoms with Crippen LogP contribution in [0.25, 0.3) is 0 Å². The van der Waals surface area contributed by atoms with Crippen LogP contribution in [0.1, 0.15) is 24.8 Å². The molecule has 122 valence electrons. The average molecular weight is 321 g/mol. The van der Waals surface area contributed by atoms with Crippen LogP contribution in [0.3, 0.4) is 0 Å². The molecule has 2 atom stereocenters. The largest absolute Gasteiger partial charge is 0.468 e. The molecule has 2 heterocycles. The van der Waals surface area contributed by atoms with Crippen molar-refractivity contribution in [2.75, 3.05) is 11.5 Å². The SMILES string of the molecule is CCOC(=O)C1=CN2c3ccccc3OC2C[C@H]1c1ccccc1. The van der Waals surface area contributed by atoms with Gasteiger partial charge in [-0.2, -0.15) is 0 Å². The van der Waals surface area contributed by atoms with Crippen molar-refractivity contribution in [3.05, 3.63) is 71.9 Å². The van der Waals surface area contributed by atoms with Crippen LogP contribution in [0.2, 0.25) is 0 Å². The predicted molar refractivity (Wildman–Crippen MR) is 91.9 cm³/mol. The maximum absolute atomic E-state index is 12.5. The van der Waals surface area contributed by atoms with Gasteiger partial charge in [0.15, 0.2) is 6.23 Å². The molecule has 0 saturated heterocycles. The summed E-state index contributed by atoms with van der Waals surface area (Å²) in [6, 6.07) is 18.0. The fourth-order valence-electron chi connectivity index (χ4n) is 3.42. The van der Waals surface area contributed by atoms with Crippen LogP contribution < -0.4 is 9.64 Å². The van der Waals surface area contributed by atoms with Crippen molar-refractivity contribution < 1.29 is 14.3 Å². The highest BCUT2D eigenvalue weighted by Crippen LogP contribution is 2.45. The van der Waals surface area contributed by atoms with Crippen molar-refractivity contribution in [1.29, 1.82) is 0 Å². The molecule has 1 unspecified atom stereocenters. The van der Waals surface area contributed by atoms with E-state index in [1.807, 2.05) is 60.5 Å². The van der Waals surface area contributed by atoms with Gasteiger partial charge >= 0.3 is 5.97 Å². The molecule has 0 aliphatic carbocycles. The lowest BCUT2D eigenvalue weighted by Gasteiger charge is -2.33. The zero-order chi connectivity index (χ0) is 16.5. The number of fused-ring (bicyclic) bond motifs is 3. The molecular weight excluding hydrogens is 302 g/mol. The molecule has 2 aromatic carbocycles. The molecule has 0 bridgehead atoms. The topological polar surface area (TPSA) is 38.8 Å². The summed E-state index contributed by atoms with van der Waals surface area (Å²) < 4.78 is 11.4. The van der Waals surface area contributed by atoms with Crippen molar-refractivity contribution in [3.8, 4) is 5.75 Å². The first kappa shape index (κ1) is 14.8. The van der Waals surface area contributed by atoms with E-state index in [1.165, 1.54) is 0 Å². The van der Waals surface area contributed by atoms with Gasteiger partial charge in [-0.3, -0.25) is 0 Å². The summed E-state index contributed by atoms with van der Waals surface area (Å²) in [6.07, 6.45) is 2.52. The monoisotopic (exact) mass is 321 g/mol. The number of benzene rings is 2. The van der Waals surface area contributed by atoms with Crippen molar-refractivity contribution in [3.63, 3.8) is 0 Å². The Kier molecular flexibility index (Phi) is 3.73. The fraction of sp³-hybridized carbons (Fsp3) is 0.250. The van der Waals surface area contributed by atoms with Gasteiger partial charge in [0.25, 0.3) is 0 Å². The first-order valence-corrected chi connectivity index (χ1v) is 8.25. The standard InChI is InChI=1S/C20H19NO3/c1-2-23-20(22)16-13-21-17-10-6-7-11-18(17)24-19(21)12-15(16)14-8-4-3-5-9-14/h3-11,13,15,19H,2,12H2,1H3/t15-,19?/m0/s1. The highest BCUT2D eigenvalue weighted by Gasteiger charge is 2.39. The molecule has 0 spiro atoms. The summed E-state index contributed by atoms with van der Waals surface area (Å²) in [5.74, 6) is 0.575. The third-order valence-corrected chi connectivity index (χ3v) is 4.52. The van der Waals surface area contributed by atoms with Crippen molar-refractivity contribution >= 4 is 11.7 Å². The van der Waals surface area contributed by atoms with Crippen LogP contribution in [0.15, 0.2) is 66.4 Å². The molecule has 0 radical (unpaired) electrons. The number of anilines is 1. The Bertz CT molecular complexity index is 784. The lowest BCUT2D eigenvalue weighted by molar-refractivity contribution is -0.139. The number of hydrogen-bond acceptors (Lipinski definition) is 4. The van der Waals surface area contributed by atoms with E-state index >= 15 is 0 Å². The van der Waals surface area contributed by atoms with E-state index in [1.54, 1.807) is 0 Å². The van der Waals surface area contributed by atoms with Gasteiger partial charge in [-0.05, 0) is 24.6 Å². The fourth-order valence-corrected chi connectivity index (χ4v) is 3.42. The summed E-state index contributed by atoms with van der Waals surface area (Å²) in [6.45, 7) is 2.20. The zero-order valence-electron chi connectivity index (χ0n) is 13.5. The van der Waals surface area contributed by atoms with Crippen molar-refractivity contribution in [1.82, 2.24) is 0 Å². The molecule has 2 aliphatic heterocycles. The summed E-state index contributed by atoms with van der Waals surface area (Å²) in [5.41, 5.74) is 2.78. The molecule has 0 aromatic heterocycles. The lowest BCUT2D eigenvalue weighted by atomic mass is 9.85. The number of hydrogen-bond donors (Lipinski definition) is 0. The van der Waals surface area contributed by atoms with Gasteiger partial charge < -0.3 is 14.4 Å². The zero-order valence-corrected chi connectivity index (χ0v) is 13.5. The van der Waals surface area contributed by atoms with Crippen molar-refractivity contribution in [2.45, 2.75) is 25.5 Å². The first-order valence-electron chi connectivity index (χ1n) is 8.25. The van der Waals surface area contributed by atoms with Gasteiger partial charge in [-0.1, -0.05) is 42.5 Å². The Labute approximate surface area is 141 Å². The van der Waals surface area contributed by atoms with Gasteiger partial charge in [0.1, 0.15) is 5.75 Å². The Morgan fingerprint density at radius 2 is 1.92 bits per heavy atom. The predicted octanol–water partition coefficient (Wildman–Crippen LogP) is 3.85.